The van der Waals surface area contributed by atoms with Crippen LogP contribution in [0, 0.1) is 5.41 Å². The summed E-state index contributed by atoms with van der Waals surface area (Å²) in [6, 6.07) is 2.55. The third-order valence-electron chi connectivity index (χ3n) is 6.21. The Balaban J connectivity index is 1.64. The number of carbonyl (C=O) groups is 2. The van der Waals surface area contributed by atoms with Gasteiger partial charge in [0.25, 0.3) is 0 Å². The van der Waals surface area contributed by atoms with Crippen LogP contribution in [0.2, 0.25) is 0 Å². The summed E-state index contributed by atoms with van der Waals surface area (Å²) in [7, 11) is 0. The average molecular weight is 316 g/mol. The van der Waals surface area contributed by atoms with Crippen LogP contribution in [0.25, 0.3) is 0 Å². The first-order valence-electron chi connectivity index (χ1n) is 8.56. The summed E-state index contributed by atoms with van der Waals surface area (Å²) in [5, 5.41) is 4.16. The molecule has 2 aliphatic heterocycles. The lowest BCUT2D eigenvalue weighted by Gasteiger charge is -2.49. The molecule has 3 fully saturated rings. The number of fused-ring (bicyclic) bond motifs is 1. The average Bonchev–Trinajstić information content (AvgIpc) is 3.09. The van der Waals surface area contributed by atoms with E-state index in [-0.39, 0.29) is 35.4 Å². The van der Waals surface area contributed by atoms with Gasteiger partial charge >= 0.3 is 0 Å². The smallest absolute Gasteiger partial charge is 0.244 e. The molecule has 23 heavy (non-hydrogen) atoms. The lowest BCUT2D eigenvalue weighted by Crippen LogP contribution is -2.57. The van der Waals surface area contributed by atoms with Crippen LogP contribution in [0.5, 0.6) is 0 Å². The summed E-state index contributed by atoms with van der Waals surface area (Å²) in [5.74, 6) is 0.284. The van der Waals surface area contributed by atoms with Crippen molar-refractivity contribution in [2.24, 2.45) is 5.41 Å². The molecule has 1 aliphatic carbocycles. The van der Waals surface area contributed by atoms with Gasteiger partial charge in [-0.2, -0.15) is 5.10 Å². The Kier molecular flexibility index (Phi) is 3.25. The SMILES string of the molecule is CC(=O)N1C[C@@H]2C[C@@]3(C)[C@H](CCC[C@@H]13)N2C(=O)Cn1cccn1. The first-order valence-corrected chi connectivity index (χ1v) is 8.56. The van der Waals surface area contributed by atoms with Gasteiger partial charge in [0.15, 0.2) is 0 Å². The molecule has 4 rings (SSSR count). The quantitative estimate of drug-likeness (QED) is 0.826. The summed E-state index contributed by atoms with van der Waals surface area (Å²) in [6.45, 7) is 4.93. The summed E-state index contributed by atoms with van der Waals surface area (Å²) in [4.78, 5) is 29.2. The molecule has 0 aromatic carbocycles. The largest absolute Gasteiger partial charge is 0.337 e. The molecule has 6 nitrogen and oxygen atoms in total. The molecule has 1 aromatic rings. The molecule has 3 aliphatic rings. The molecule has 0 radical (unpaired) electrons. The van der Waals surface area contributed by atoms with Crippen molar-refractivity contribution in [3.63, 3.8) is 0 Å². The van der Waals surface area contributed by atoms with Crippen molar-refractivity contribution in [2.45, 2.75) is 64.2 Å². The van der Waals surface area contributed by atoms with E-state index in [1.807, 2.05) is 17.2 Å². The van der Waals surface area contributed by atoms with E-state index in [1.165, 1.54) is 0 Å². The second kappa shape index (κ2) is 5.08. The molecular weight excluding hydrogens is 292 g/mol. The van der Waals surface area contributed by atoms with Crippen molar-refractivity contribution in [2.75, 3.05) is 6.54 Å². The zero-order valence-electron chi connectivity index (χ0n) is 13.8. The third kappa shape index (κ3) is 2.11. The van der Waals surface area contributed by atoms with Crippen LogP contribution in [-0.4, -0.2) is 56.1 Å². The first kappa shape index (κ1) is 14.7. The van der Waals surface area contributed by atoms with E-state index in [9.17, 15) is 9.59 Å². The minimum Gasteiger partial charge on any atom is -0.337 e. The van der Waals surface area contributed by atoms with Crippen molar-refractivity contribution >= 4 is 11.8 Å². The van der Waals surface area contributed by atoms with Crippen molar-refractivity contribution < 1.29 is 9.59 Å². The lowest BCUT2D eigenvalue weighted by atomic mass is 9.66. The topological polar surface area (TPSA) is 58.4 Å². The summed E-state index contributed by atoms with van der Waals surface area (Å²) < 4.78 is 1.69. The van der Waals surface area contributed by atoms with Gasteiger partial charge in [0.1, 0.15) is 6.54 Å². The molecule has 2 saturated heterocycles. The van der Waals surface area contributed by atoms with Gasteiger partial charge in [0, 0.05) is 43.4 Å². The van der Waals surface area contributed by atoms with Gasteiger partial charge in [0.2, 0.25) is 11.8 Å². The molecule has 0 spiro atoms. The Labute approximate surface area is 136 Å². The summed E-state index contributed by atoms with van der Waals surface area (Å²) in [5.41, 5.74) is 0.0482. The molecule has 2 bridgehead atoms. The highest BCUT2D eigenvalue weighted by atomic mass is 16.2. The van der Waals surface area contributed by atoms with Crippen LogP contribution in [0.1, 0.15) is 39.5 Å². The molecule has 1 saturated carbocycles. The van der Waals surface area contributed by atoms with E-state index in [0.717, 1.165) is 25.7 Å². The van der Waals surface area contributed by atoms with Crippen LogP contribution >= 0.6 is 0 Å². The minimum absolute atomic E-state index is 0.0482. The highest BCUT2D eigenvalue weighted by Crippen LogP contribution is 2.54. The molecule has 4 atom stereocenters. The van der Waals surface area contributed by atoms with Crippen molar-refractivity contribution in [3.05, 3.63) is 18.5 Å². The fourth-order valence-electron chi connectivity index (χ4n) is 5.33. The lowest BCUT2D eigenvalue weighted by molar-refractivity contribution is -0.138. The molecule has 124 valence electrons. The highest BCUT2D eigenvalue weighted by molar-refractivity contribution is 5.78. The second-order valence-electron chi connectivity index (χ2n) is 7.50. The van der Waals surface area contributed by atoms with E-state index in [1.54, 1.807) is 17.8 Å². The molecule has 0 unspecified atom stereocenters. The van der Waals surface area contributed by atoms with Crippen molar-refractivity contribution in [1.82, 2.24) is 19.6 Å². The van der Waals surface area contributed by atoms with Crippen LogP contribution < -0.4 is 0 Å². The maximum absolute atomic E-state index is 12.9. The zero-order chi connectivity index (χ0) is 16.2. The number of aromatic nitrogens is 2. The third-order valence-corrected chi connectivity index (χ3v) is 6.21. The Morgan fingerprint density at radius 3 is 2.78 bits per heavy atom. The number of piperidine rings is 1. The number of likely N-dealkylation sites (tertiary alicyclic amines) is 2. The van der Waals surface area contributed by atoms with E-state index >= 15 is 0 Å². The number of carbonyl (C=O) groups excluding carboxylic acids is 2. The van der Waals surface area contributed by atoms with Crippen LogP contribution in [0.15, 0.2) is 18.5 Å². The van der Waals surface area contributed by atoms with E-state index in [0.29, 0.717) is 13.1 Å². The monoisotopic (exact) mass is 316 g/mol. The van der Waals surface area contributed by atoms with Gasteiger partial charge in [-0.05, 0) is 31.7 Å². The number of hydrogen-bond acceptors (Lipinski definition) is 3. The second-order valence-corrected chi connectivity index (χ2v) is 7.50. The molecule has 2 amide bonds. The van der Waals surface area contributed by atoms with Crippen LogP contribution in [-0.2, 0) is 16.1 Å². The Bertz CT molecular complexity index is 629. The van der Waals surface area contributed by atoms with Gasteiger partial charge in [-0.25, -0.2) is 0 Å². The van der Waals surface area contributed by atoms with Gasteiger partial charge in [-0.1, -0.05) is 6.92 Å². The van der Waals surface area contributed by atoms with Crippen molar-refractivity contribution in [1.29, 1.82) is 0 Å². The fourth-order valence-corrected chi connectivity index (χ4v) is 5.33. The van der Waals surface area contributed by atoms with Gasteiger partial charge < -0.3 is 9.80 Å². The molecule has 3 heterocycles. The first-order chi connectivity index (χ1) is 11.0. The van der Waals surface area contributed by atoms with E-state index in [4.69, 9.17) is 0 Å². The highest BCUT2D eigenvalue weighted by Gasteiger charge is 2.61. The van der Waals surface area contributed by atoms with E-state index < -0.39 is 0 Å². The number of nitrogens with zero attached hydrogens (tertiary/aromatic N) is 4. The molecule has 1 aromatic heterocycles. The Morgan fingerprint density at radius 2 is 2.09 bits per heavy atom. The standard InChI is InChI=1S/C17H24N4O2/c1-12(22)20-10-13-9-17(2)14(20)5-3-6-15(17)21(13)16(23)11-19-8-4-7-18-19/h4,7-8,13-15H,3,5-6,9-11H2,1-2H3/t13-,14+,15-,17+/m0/s1. The van der Waals surface area contributed by atoms with E-state index in [2.05, 4.69) is 16.9 Å². The molecular formula is C17H24N4O2. The number of amides is 2. The maximum atomic E-state index is 12.9. The van der Waals surface area contributed by atoms with Gasteiger partial charge in [-0.15, -0.1) is 0 Å². The normalized spacial score (nSPS) is 35.5. The zero-order valence-corrected chi connectivity index (χ0v) is 13.8. The van der Waals surface area contributed by atoms with Crippen LogP contribution in [0.3, 0.4) is 0 Å². The summed E-state index contributed by atoms with van der Waals surface area (Å²) in [6.07, 6.45) is 7.77. The number of rotatable bonds is 2. The predicted molar refractivity (Wildman–Crippen MR) is 84.4 cm³/mol. The van der Waals surface area contributed by atoms with Crippen LogP contribution in [0.4, 0.5) is 0 Å². The maximum Gasteiger partial charge on any atom is 0.244 e. The number of hydrogen-bond donors (Lipinski definition) is 0. The fraction of sp³-hybridized carbons (Fsp3) is 0.706. The predicted octanol–water partition coefficient (Wildman–Crippen LogP) is 1.27. The Hall–Kier alpha value is -1.85. The summed E-state index contributed by atoms with van der Waals surface area (Å²) >= 11 is 0. The molecule has 6 heteroatoms. The molecule has 0 N–H and O–H groups in total. The minimum atomic E-state index is 0.0482. The Morgan fingerprint density at radius 1 is 1.30 bits per heavy atom. The van der Waals surface area contributed by atoms with Gasteiger partial charge in [-0.3, -0.25) is 14.3 Å². The van der Waals surface area contributed by atoms with Gasteiger partial charge in [0.05, 0.1) is 6.04 Å². The van der Waals surface area contributed by atoms with Crippen molar-refractivity contribution in [3.8, 4) is 0 Å².